The molecule has 1 atom stereocenters. The minimum absolute atomic E-state index is 0.0381. The van der Waals surface area contributed by atoms with Crippen LogP contribution in [0.25, 0.3) is 11.6 Å². The van der Waals surface area contributed by atoms with Gasteiger partial charge in [0.05, 0.1) is 6.26 Å². The average molecular weight is 208 g/mol. The number of hydrogen-bond donors (Lipinski definition) is 0. The Hall–Kier alpha value is -2.02. The highest BCUT2D eigenvalue weighted by Crippen LogP contribution is 2.15. The van der Waals surface area contributed by atoms with Gasteiger partial charge in [-0.25, -0.2) is 0 Å². The number of allylic oxidation sites excluding steroid dienone is 3. The molecule has 0 fully saturated rings. The van der Waals surface area contributed by atoms with E-state index in [9.17, 15) is 0 Å². The van der Waals surface area contributed by atoms with Crippen molar-refractivity contribution in [2.75, 3.05) is 0 Å². The van der Waals surface area contributed by atoms with Crippen LogP contribution in [0.4, 0.5) is 0 Å². The van der Waals surface area contributed by atoms with Gasteiger partial charge in [-0.15, -0.1) is 0 Å². The van der Waals surface area contributed by atoms with Gasteiger partial charge in [0.25, 0.3) is 0 Å². The third-order valence-electron chi connectivity index (χ3n) is 2.83. The van der Waals surface area contributed by atoms with Gasteiger partial charge < -0.3 is 4.74 Å². The van der Waals surface area contributed by atoms with Gasteiger partial charge in [-0.3, -0.25) is 0 Å². The standard InChI is InChI=1S/C15H12O/c1-2-8-13-12(6-1)7-5-11-16-15-10-4-3-9-14(13)15/h1-11,15H/b11-5-,12-7-,14-13-. The Labute approximate surface area is 94.4 Å². The SMILES string of the molecule is C1=C\C2=c3/cccc/c3=C/C=C\OC2C=C1. The molecule has 78 valence electrons. The topological polar surface area (TPSA) is 9.23 Å². The van der Waals surface area contributed by atoms with Crippen LogP contribution >= 0.6 is 0 Å². The Morgan fingerprint density at radius 1 is 1.00 bits per heavy atom. The van der Waals surface area contributed by atoms with Crippen molar-refractivity contribution in [3.8, 4) is 0 Å². The van der Waals surface area contributed by atoms with Gasteiger partial charge in [0.1, 0.15) is 6.10 Å². The van der Waals surface area contributed by atoms with Gasteiger partial charge in [-0.05, 0) is 22.6 Å². The van der Waals surface area contributed by atoms with Gasteiger partial charge in [-0.2, -0.15) is 0 Å². The van der Waals surface area contributed by atoms with E-state index in [2.05, 4.69) is 48.6 Å². The van der Waals surface area contributed by atoms with Gasteiger partial charge in [0.2, 0.25) is 0 Å². The van der Waals surface area contributed by atoms with E-state index in [1.54, 1.807) is 6.26 Å². The average Bonchev–Trinajstić information content (AvgIpc) is 2.33. The summed E-state index contributed by atoms with van der Waals surface area (Å²) in [7, 11) is 0. The summed E-state index contributed by atoms with van der Waals surface area (Å²) < 4.78 is 5.66. The summed E-state index contributed by atoms with van der Waals surface area (Å²) in [6.45, 7) is 0. The molecule has 0 saturated heterocycles. The van der Waals surface area contributed by atoms with Crippen molar-refractivity contribution in [2.45, 2.75) is 6.10 Å². The van der Waals surface area contributed by atoms with Crippen LogP contribution in [0.15, 0.2) is 60.9 Å². The van der Waals surface area contributed by atoms with Crippen LogP contribution in [0.3, 0.4) is 0 Å². The molecule has 0 bridgehead atoms. The fourth-order valence-electron chi connectivity index (χ4n) is 2.06. The van der Waals surface area contributed by atoms with Gasteiger partial charge in [-0.1, -0.05) is 48.6 Å². The minimum atomic E-state index is 0.0381. The fourth-order valence-corrected chi connectivity index (χ4v) is 2.06. The smallest absolute Gasteiger partial charge is 0.142 e. The van der Waals surface area contributed by atoms with Crippen LogP contribution in [-0.4, -0.2) is 6.10 Å². The molecule has 2 aliphatic rings. The molecule has 1 nitrogen and oxygen atoms in total. The van der Waals surface area contributed by atoms with E-state index in [-0.39, 0.29) is 6.10 Å². The second kappa shape index (κ2) is 3.86. The summed E-state index contributed by atoms with van der Waals surface area (Å²) in [6.07, 6.45) is 14.1. The van der Waals surface area contributed by atoms with E-state index in [1.807, 2.05) is 12.2 Å². The number of ether oxygens (including phenoxy) is 1. The highest BCUT2D eigenvalue weighted by molar-refractivity contribution is 5.66. The van der Waals surface area contributed by atoms with E-state index in [0.29, 0.717) is 0 Å². The van der Waals surface area contributed by atoms with E-state index in [1.165, 1.54) is 16.0 Å². The predicted molar refractivity (Wildman–Crippen MR) is 65.9 cm³/mol. The normalized spacial score (nSPS) is 28.8. The lowest BCUT2D eigenvalue weighted by atomic mass is 10.00. The van der Waals surface area contributed by atoms with Crippen LogP contribution in [0.5, 0.6) is 0 Å². The van der Waals surface area contributed by atoms with Gasteiger partial charge in [0, 0.05) is 5.57 Å². The van der Waals surface area contributed by atoms with Gasteiger partial charge in [0.15, 0.2) is 0 Å². The zero-order valence-corrected chi connectivity index (χ0v) is 8.84. The Bertz CT molecular complexity index is 603. The zero-order chi connectivity index (χ0) is 10.8. The van der Waals surface area contributed by atoms with E-state index in [0.717, 1.165) is 0 Å². The van der Waals surface area contributed by atoms with Crippen LogP contribution in [-0.2, 0) is 4.74 Å². The summed E-state index contributed by atoms with van der Waals surface area (Å²) in [5, 5.41) is 2.49. The third kappa shape index (κ3) is 1.50. The predicted octanol–water partition coefficient (Wildman–Crippen LogP) is 1.66. The fraction of sp³-hybridized carbons (Fsp3) is 0.0667. The van der Waals surface area contributed by atoms with Crippen molar-refractivity contribution in [3.05, 3.63) is 71.3 Å². The van der Waals surface area contributed by atoms with Crippen molar-refractivity contribution in [1.29, 1.82) is 0 Å². The van der Waals surface area contributed by atoms with Crippen LogP contribution < -0.4 is 10.4 Å². The molecule has 0 radical (unpaired) electrons. The highest BCUT2D eigenvalue weighted by Gasteiger charge is 2.12. The molecule has 1 aromatic rings. The first-order valence-corrected chi connectivity index (χ1v) is 5.41. The summed E-state index contributed by atoms with van der Waals surface area (Å²) >= 11 is 0. The second-order valence-corrected chi connectivity index (χ2v) is 3.84. The molecule has 3 rings (SSSR count). The molecule has 0 spiro atoms. The lowest BCUT2D eigenvalue weighted by Gasteiger charge is -2.17. The molecule has 1 heteroatoms. The maximum absolute atomic E-state index is 5.66. The lowest BCUT2D eigenvalue weighted by Crippen LogP contribution is -2.31. The maximum atomic E-state index is 5.66. The molecular formula is C15H12O. The van der Waals surface area contributed by atoms with Crippen molar-refractivity contribution in [1.82, 2.24) is 0 Å². The second-order valence-electron chi connectivity index (χ2n) is 3.84. The molecule has 1 aliphatic heterocycles. The zero-order valence-electron chi connectivity index (χ0n) is 8.84. The molecule has 0 aromatic heterocycles. The van der Waals surface area contributed by atoms with Crippen molar-refractivity contribution in [2.24, 2.45) is 0 Å². The van der Waals surface area contributed by atoms with Gasteiger partial charge >= 0.3 is 0 Å². The Morgan fingerprint density at radius 3 is 2.94 bits per heavy atom. The lowest BCUT2D eigenvalue weighted by molar-refractivity contribution is 0.235. The monoisotopic (exact) mass is 208 g/mol. The molecule has 0 N–H and O–H groups in total. The summed E-state index contributed by atoms with van der Waals surface area (Å²) in [4.78, 5) is 0. The molecule has 16 heavy (non-hydrogen) atoms. The molecule has 1 heterocycles. The van der Waals surface area contributed by atoms with E-state index >= 15 is 0 Å². The first-order valence-electron chi connectivity index (χ1n) is 5.41. The molecule has 0 saturated carbocycles. The van der Waals surface area contributed by atoms with Crippen LogP contribution in [0, 0.1) is 0 Å². The Kier molecular flexibility index (Phi) is 2.22. The van der Waals surface area contributed by atoms with Crippen LogP contribution in [0.1, 0.15) is 0 Å². The number of fused-ring (bicyclic) bond motifs is 2. The Balaban J connectivity index is 2.40. The van der Waals surface area contributed by atoms with Crippen molar-refractivity contribution < 1.29 is 4.74 Å². The van der Waals surface area contributed by atoms with E-state index in [4.69, 9.17) is 4.74 Å². The Morgan fingerprint density at radius 2 is 1.94 bits per heavy atom. The first-order chi connectivity index (χ1) is 7.95. The minimum Gasteiger partial charge on any atom is -0.489 e. The van der Waals surface area contributed by atoms with Crippen molar-refractivity contribution >= 4 is 11.6 Å². The van der Waals surface area contributed by atoms with Crippen molar-refractivity contribution in [3.63, 3.8) is 0 Å². The summed E-state index contributed by atoms with van der Waals surface area (Å²) in [6, 6.07) is 8.39. The molecular weight excluding hydrogens is 196 g/mol. The molecule has 0 amide bonds. The summed E-state index contributed by atoms with van der Waals surface area (Å²) in [5.74, 6) is 0. The molecule has 1 aliphatic carbocycles. The first kappa shape index (κ1) is 9.22. The number of rotatable bonds is 0. The summed E-state index contributed by atoms with van der Waals surface area (Å²) in [5.41, 5.74) is 1.22. The largest absolute Gasteiger partial charge is 0.489 e. The highest BCUT2D eigenvalue weighted by atomic mass is 16.5. The quantitative estimate of drug-likeness (QED) is 0.630. The maximum Gasteiger partial charge on any atom is 0.142 e. The number of benzene rings is 1. The van der Waals surface area contributed by atoms with E-state index < -0.39 is 0 Å². The third-order valence-corrected chi connectivity index (χ3v) is 2.83. The van der Waals surface area contributed by atoms with Crippen LogP contribution in [0.2, 0.25) is 0 Å². The number of hydrogen-bond acceptors (Lipinski definition) is 1. The molecule has 1 unspecified atom stereocenters. The molecule has 1 aromatic carbocycles.